The highest BCUT2D eigenvalue weighted by Crippen LogP contribution is 2.23. The van der Waals surface area contributed by atoms with Gasteiger partial charge in [-0.15, -0.1) is 0 Å². The Bertz CT molecular complexity index is 944. The molecule has 0 aliphatic carbocycles. The van der Waals surface area contributed by atoms with Gasteiger partial charge in [-0.2, -0.15) is 10.5 Å². The number of amides is 1. The minimum Gasteiger partial charge on any atom is -0.496 e. The molecule has 0 fully saturated rings. The van der Waals surface area contributed by atoms with E-state index >= 15 is 0 Å². The molecule has 0 aromatic heterocycles. The molecule has 2 aromatic carbocycles. The van der Waals surface area contributed by atoms with Crippen LogP contribution >= 0.6 is 9.47 Å². The molecule has 27 heavy (non-hydrogen) atoms. The predicted octanol–water partition coefficient (Wildman–Crippen LogP) is 3.33. The minimum atomic E-state index is -0.534. The Balaban J connectivity index is 2.13. The van der Waals surface area contributed by atoms with E-state index in [9.17, 15) is 9.18 Å². The highest BCUT2D eigenvalue weighted by Gasteiger charge is 2.14. The number of nitrogens with one attached hydrogen (secondary N) is 1. The Labute approximate surface area is 158 Å². The molecule has 2 rings (SSSR count). The van der Waals surface area contributed by atoms with Gasteiger partial charge in [0.15, 0.2) is 11.3 Å². The van der Waals surface area contributed by atoms with E-state index in [4.69, 9.17) is 19.8 Å². The van der Waals surface area contributed by atoms with E-state index in [0.29, 0.717) is 5.56 Å². The third kappa shape index (κ3) is 4.82. The van der Waals surface area contributed by atoms with Gasteiger partial charge < -0.3 is 14.6 Å². The average molecular weight is 383 g/mol. The maximum absolute atomic E-state index is 13.4. The molecule has 0 aliphatic rings. The summed E-state index contributed by atoms with van der Waals surface area (Å²) in [5.41, 5.74) is 1.26. The predicted molar refractivity (Wildman–Crippen MR) is 99.5 cm³/mol. The molecular weight excluding hydrogens is 368 g/mol. The summed E-state index contributed by atoms with van der Waals surface area (Å²) in [4.78, 5) is 12.3. The maximum atomic E-state index is 13.4. The molecule has 2 aromatic rings. The van der Waals surface area contributed by atoms with Gasteiger partial charge in [-0.25, -0.2) is 4.39 Å². The van der Waals surface area contributed by atoms with Crippen molar-refractivity contribution in [3.05, 3.63) is 70.5 Å². The van der Waals surface area contributed by atoms with Gasteiger partial charge in [0.1, 0.15) is 23.7 Å². The fourth-order valence-electron chi connectivity index (χ4n) is 2.31. The van der Waals surface area contributed by atoms with E-state index in [1.54, 1.807) is 36.4 Å². The van der Waals surface area contributed by atoms with E-state index in [1.165, 1.54) is 19.2 Å². The van der Waals surface area contributed by atoms with Gasteiger partial charge in [-0.05, 0) is 23.8 Å². The van der Waals surface area contributed by atoms with Crippen LogP contribution in [0.4, 0.5) is 4.39 Å². The first-order valence-corrected chi connectivity index (χ1v) is 8.13. The second kappa shape index (κ2) is 9.33. The minimum absolute atomic E-state index is 0.100. The molecule has 136 valence electrons. The number of halogens is 1. The summed E-state index contributed by atoms with van der Waals surface area (Å²) in [6, 6.07) is 14.0. The topological polar surface area (TPSA) is 95.1 Å². The van der Waals surface area contributed by atoms with Gasteiger partial charge in [0.25, 0.3) is 5.91 Å². The van der Waals surface area contributed by atoms with Crippen LogP contribution in [0.5, 0.6) is 5.75 Å². The zero-order valence-corrected chi connectivity index (χ0v) is 15.5. The van der Waals surface area contributed by atoms with Gasteiger partial charge in [0, 0.05) is 12.1 Å². The van der Waals surface area contributed by atoms with Crippen molar-refractivity contribution in [2.45, 2.75) is 6.54 Å². The van der Waals surface area contributed by atoms with Crippen LogP contribution in [-0.4, -0.2) is 13.0 Å². The molecule has 0 saturated carbocycles. The highest BCUT2D eigenvalue weighted by atomic mass is 31.0. The summed E-state index contributed by atoms with van der Waals surface area (Å²) >= 11 is 0. The number of hydrogen-bond donors (Lipinski definition) is 1. The number of rotatable bonds is 6. The average Bonchev–Trinajstić information content (AvgIpc) is 2.70. The fourth-order valence-corrected chi connectivity index (χ4v) is 2.56. The molecule has 1 unspecified atom stereocenters. The normalized spacial score (nSPS) is 9.52. The number of allylic oxidation sites excluding steroid dienone is 1. The van der Waals surface area contributed by atoms with E-state index in [0.717, 1.165) is 11.6 Å². The molecule has 1 N–H and O–H groups in total. The number of carbonyl (C=O) groups excluding carboxylic acids is 1. The number of nitrogens with zero attached hydrogens (tertiary/aromatic N) is 2. The van der Waals surface area contributed by atoms with E-state index < -0.39 is 11.7 Å². The lowest BCUT2D eigenvalue weighted by molar-refractivity contribution is 0.0947. The lowest BCUT2D eigenvalue weighted by atomic mass is 10.1. The fraction of sp³-hybridized carbons (Fsp3) is 0.105. The molecule has 0 aliphatic heterocycles. The first kappa shape index (κ1) is 19.9. The molecule has 6 nitrogen and oxygen atoms in total. The lowest BCUT2D eigenvalue weighted by Crippen LogP contribution is -2.23. The first-order chi connectivity index (χ1) is 13.0. The Hall–Kier alpha value is -3.41. The van der Waals surface area contributed by atoms with Crippen LogP contribution in [0.3, 0.4) is 0 Å². The molecule has 1 amide bonds. The number of methoxy groups -OCH3 is 1. The number of carbonyl (C=O) groups is 1. The second-order valence-corrected chi connectivity index (χ2v) is 5.51. The monoisotopic (exact) mass is 383 g/mol. The summed E-state index contributed by atoms with van der Waals surface area (Å²) in [7, 11) is 3.41. The van der Waals surface area contributed by atoms with Crippen LogP contribution in [0.2, 0.25) is 0 Å². The van der Waals surface area contributed by atoms with Gasteiger partial charge >= 0.3 is 0 Å². The third-order valence-corrected chi connectivity index (χ3v) is 3.88. The largest absolute Gasteiger partial charge is 0.496 e. The van der Waals surface area contributed by atoms with Crippen molar-refractivity contribution in [2.24, 2.45) is 0 Å². The van der Waals surface area contributed by atoms with Crippen molar-refractivity contribution in [1.29, 1.82) is 10.5 Å². The quantitative estimate of drug-likeness (QED) is 0.469. The van der Waals surface area contributed by atoms with E-state index in [2.05, 4.69) is 5.32 Å². The number of ether oxygens (including phenoxy) is 1. The van der Waals surface area contributed by atoms with E-state index in [1.807, 2.05) is 9.47 Å². The second-order valence-electron chi connectivity index (χ2n) is 5.27. The smallest absolute Gasteiger partial charge is 0.255 e. The van der Waals surface area contributed by atoms with Crippen molar-refractivity contribution in [3.8, 4) is 17.9 Å². The Morgan fingerprint density at radius 2 is 1.85 bits per heavy atom. The van der Waals surface area contributed by atoms with E-state index in [-0.39, 0.29) is 29.2 Å². The SMILES string of the molecule is COc1ccc(F)cc1C(=O)NCc1ccc(C(OP)=C(C#N)C#N)cc1. The Kier molecular flexibility index (Phi) is 6.88. The number of hydrogen-bond acceptors (Lipinski definition) is 5. The first-order valence-electron chi connectivity index (χ1n) is 7.66. The number of nitriles is 2. The molecule has 1 atom stereocenters. The van der Waals surface area contributed by atoms with Crippen molar-refractivity contribution in [1.82, 2.24) is 5.32 Å². The van der Waals surface area contributed by atoms with Crippen LogP contribution in [-0.2, 0) is 11.1 Å². The standard InChI is InChI=1S/C19H15FN3O3P/c1-25-17-7-6-15(20)8-16(17)19(24)23-11-12-2-4-13(5-3-12)18(26-27)14(9-21)10-22/h2-8H,11,27H2,1H3,(H,23,24). The van der Waals surface area contributed by atoms with Gasteiger partial charge in [-0.1, -0.05) is 24.3 Å². The zero-order chi connectivity index (χ0) is 19.8. The van der Waals surface area contributed by atoms with Gasteiger partial charge in [0.05, 0.1) is 22.1 Å². The molecule has 0 heterocycles. The van der Waals surface area contributed by atoms with Crippen LogP contribution < -0.4 is 10.1 Å². The van der Waals surface area contributed by atoms with Crippen molar-refractivity contribution >= 4 is 21.1 Å². The summed E-state index contributed by atoms with van der Waals surface area (Å²) in [6.07, 6.45) is 0. The lowest BCUT2D eigenvalue weighted by Gasteiger charge is -2.10. The van der Waals surface area contributed by atoms with Crippen molar-refractivity contribution in [2.75, 3.05) is 7.11 Å². The van der Waals surface area contributed by atoms with Crippen LogP contribution in [0.1, 0.15) is 21.5 Å². The Morgan fingerprint density at radius 1 is 1.19 bits per heavy atom. The molecule has 0 spiro atoms. The molecular formula is C19H15FN3O3P. The maximum Gasteiger partial charge on any atom is 0.255 e. The van der Waals surface area contributed by atoms with Crippen LogP contribution in [0, 0.1) is 28.5 Å². The molecule has 0 bridgehead atoms. The van der Waals surface area contributed by atoms with Gasteiger partial charge in [0.2, 0.25) is 0 Å². The third-order valence-electron chi connectivity index (χ3n) is 3.64. The summed E-state index contributed by atoms with van der Waals surface area (Å²) in [6.45, 7) is 0.197. The molecule has 0 saturated heterocycles. The van der Waals surface area contributed by atoms with Crippen LogP contribution in [0.25, 0.3) is 5.76 Å². The summed E-state index contributed by atoms with van der Waals surface area (Å²) in [5.74, 6) is -0.587. The van der Waals surface area contributed by atoms with Gasteiger partial charge in [-0.3, -0.25) is 4.79 Å². The van der Waals surface area contributed by atoms with Crippen LogP contribution in [0.15, 0.2) is 48.0 Å². The summed E-state index contributed by atoms with van der Waals surface area (Å²) in [5, 5.41) is 20.6. The Morgan fingerprint density at radius 3 is 2.41 bits per heavy atom. The highest BCUT2D eigenvalue weighted by molar-refractivity contribution is 7.10. The van der Waals surface area contributed by atoms with Crippen molar-refractivity contribution < 1.29 is 18.4 Å². The molecule has 0 radical (unpaired) electrons. The molecule has 8 heteroatoms. The van der Waals surface area contributed by atoms with Crippen molar-refractivity contribution in [3.63, 3.8) is 0 Å². The summed E-state index contributed by atoms with van der Waals surface area (Å²) < 4.78 is 23.5. The zero-order valence-electron chi connectivity index (χ0n) is 14.3. The number of benzene rings is 2.